The van der Waals surface area contributed by atoms with E-state index in [1.165, 1.54) is 0 Å². The molecule has 3 unspecified atom stereocenters. The standard InChI is InChI=1S/C16H24O2/c1-10(2)14(18-5)9-13(17)15-11-6-7-12(8-11)16(15,3)4/h6-7,9-12,15H,8H2,1-5H3. The van der Waals surface area contributed by atoms with E-state index in [1.54, 1.807) is 13.2 Å². The summed E-state index contributed by atoms with van der Waals surface area (Å²) >= 11 is 0. The molecular formula is C16H24O2. The Labute approximate surface area is 110 Å². The van der Waals surface area contributed by atoms with Gasteiger partial charge in [0.1, 0.15) is 5.76 Å². The van der Waals surface area contributed by atoms with Gasteiger partial charge in [0.2, 0.25) is 0 Å². The highest BCUT2D eigenvalue weighted by Gasteiger charge is 2.52. The van der Waals surface area contributed by atoms with Crippen LogP contribution >= 0.6 is 0 Å². The maximum Gasteiger partial charge on any atom is 0.163 e. The van der Waals surface area contributed by atoms with Crippen LogP contribution in [0.2, 0.25) is 0 Å². The zero-order valence-corrected chi connectivity index (χ0v) is 12.1. The first-order valence-electron chi connectivity index (χ1n) is 6.85. The van der Waals surface area contributed by atoms with Gasteiger partial charge in [0.05, 0.1) is 7.11 Å². The van der Waals surface area contributed by atoms with E-state index in [9.17, 15) is 4.79 Å². The summed E-state index contributed by atoms with van der Waals surface area (Å²) in [6, 6.07) is 0. The molecule has 0 aliphatic heterocycles. The number of rotatable bonds is 4. The highest BCUT2D eigenvalue weighted by Crippen LogP contribution is 2.56. The summed E-state index contributed by atoms with van der Waals surface area (Å²) in [4.78, 5) is 12.5. The van der Waals surface area contributed by atoms with Crippen molar-refractivity contribution in [2.24, 2.45) is 29.1 Å². The number of hydrogen-bond donors (Lipinski definition) is 0. The zero-order chi connectivity index (χ0) is 13.5. The van der Waals surface area contributed by atoms with E-state index in [-0.39, 0.29) is 23.0 Å². The third-order valence-corrected chi connectivity index (χ3v) is 4.70. The van der Waals surface area contributed by atoms with Gasteiger partial charge in [-0.05, 0) is 23.7 Å². The minimum absolute atomic E-state index is 0.0861. The van der Waals surface area contributed by atoms with E-state index >= 15 is 0 Å². The molecule has 0 spiro atoms. The predicted octanol–water partition coefficient (Wildman–Crippen LogP) is 3.59. The first kappa shape index (κ1) is 13.4. The van der Waals surface area contributed by atoms with Gasteiger partial charge in [-0.3, -0.25) is 4.79 Å². The smallest absolute Gasteiger partial charge is 0.163 e. The molecule has 2 nitrogen and oxygen atoms in total. The van der Waals surface area contributed by atoms with Crippen molar-refractivity contribution in [3.8, 4) is 0 Å². The molecule has 0 aromatic carbocycles. The lowest BCUT2D eigenvalue weighted by Crippen LogP contribution is -2.33. The van der Waals surface area contributed by atoms with Crippen molar-refractivity contribution >= 4 is 5.78 Å². The van der Waals surface area contributed by atoms with Crippen molar-refractivity contribution in [3.05, 3.63) is 24.0 Å². The molecule has 2 heteroatoms. The number of ether oxygens (including phenoxy) is 1. The normalized spacial score (nSPS) is 33.2. The van der Waals surface area contributed by atoms with Crippen LogP contribution in [0, 0.1) is 29.1 Å². The lowest BCUT2D eigenvalue weighted by molar-refractivity contribution is -0.122. The summed E-state index contributed by atoms with van der Waals surface area (Å²) in [5.74, 6) is 2.41. The average molecular weight is 248 g/mol. The Morgan fingerprint density at radius 3 is 2.50 bits per heavy atom. The molecule has 2 rings (SSSR count). The van der Waals surface area contributed by atoms with Gasteiger partial charge in [-0.15, -0.1) is 0 Å². The number of methoxy groups -OCH3 is 1. The van der Waals surface area contributed by atoms with Crippen LogP contribution in [0.25, 0.3) is 0 Å². The van der Waals surface area contributed by atoms with Crippen molar-refractivity contribution in [1.29, 1.82) is 0 Å². The molecule has 0 amide bonds. The van der Waals surface area contributed by atoms with Gasteiger partial charge in [0, 0.05) is 17.9 Å². The molecule has 0 heterocycles. The topological polar surface area (TPSA) is 26.3 Å². The third kappa shape index (κ3) is 2.02. The fourth-order valence-electron chi connectivity index (χ4n) is 3.58. The van der Waals surface area contributed by atoms with Crippen molar-refractivity contribution in [2.45, 2.75) is 34.1 Å². The van der Waals surface area contributed by atoms with Crippen LogP contribution in [-0.4, -0.2) is 12.9 Å². The van der Waals surface area contributed by atoms with E-state index in [0.717, 1.165) is 12.2 Å². The molecule has 18 heavy (non-hydrogen) atoms. The highest BCUT2D eigenvalue weighted by molar-refractivity contribution is 5.93. The molecular weight excluding hydrogens is 224 g/mol. The quantitative estimate of drug-likeness (QED) is 0.432. The Balaban J connectivity index is 2.22. The summed E-state index contributed by atoms with van der Waals surface area (Å²) in [7, 11) is 1.64. The van der Waals surface area contributed by atoms with Crippen molar-refractivity contribution in [3.63, 3.8) is 0 Å². The minimum atomic E-state index is 0.0861. The summed E-state index contributed by atoms with van der Waals surface area (Å²) < 4.78 is 5.31. The van der Waals surface area contributed by atoms with E-state index in [2.05, 4.69) is 39.8 Å². The van der Waals surface area contributed by atoms with Gasteiger partial charge in [-0.1, -0.05) is 39.8 Å². The Hall–Kier alpha value is -1.05. The SMILES string of the molecule is COC(=CC(=O)C1C2C=CC(C2)C1(C)C)C(C)C. The van der Waals surface area contributed by atoms with E-state index in [0.29, 0.717) is 11.8 Å². The first-order valence-corrected chi connectivity index (χ1v) is 6.85. The fraction of sp³-hybridized carbons (Fsp3) is 0.688. The monoisotopic (exact) mass is 248 g/mol. The van der Waals surface area contributed by atoms with Crippen LogP contribution in [0.3, 0.4) is 0 Å². The Morgan fingerprint density at radius 2 is 2.06 bits per heavy atom. The lowest BCUT2D eigenvalue weighted by atomic mass is 9.69. The van der Waals surface area contributed by atoms with Gasteiger partial charge in [-0.2, -0.15) is 0 Å². The van der Waals surface area contributed by atoms with Gasteiger partial charge in [-0.25, -0.2) is 0 Å². The minimum Gasteiger partial charge on any atom is -0.501 e. The molecule has 1 fully saturated rings. The van der Waals surface area contributed by atoms with E-state index < -0.39 is 0 Å². The van der Waals surface area contributed by atoms with Gasteiger partial charge >= 0.3 is 0 Å². The van der Waals surface area contributed by atoms with Crippen LogP contribution in [-0.2, 0) is 9.53 Å². The van der Waals surface area contributed by atoms with Gasteiger partial charge < -0.3 is 4.74 Å². The molecule has 100 valence electrons. The number of hydrogen-bond acceptors (Lipinski definition) is 2. The molecule has 0 saturated heterocycles. The zero-order valence-electron chi connectivity index (χ0n) is 12.1. The molecule has 0 N–H and O–H groups in total. The Morgan fingerprint density at radius 1 is 1.39 bits per heavy atom. The lowest BCUT2D eigenvalue weighted by Gasteiger charge is -2.34. The van der Waals surface area contributed by atoms with E-state index in [4.69, 9.17) is 4.74 Å². The molecule has 0 aromatic rings. The largest absolute Gasteiger partial charge is 0.501 e. The maximum absolute atomic E-state index is 12.5. The molecule has 2 aliphatic carbocycles. The Bertz CT molecular complexity index is 401. The van der Waals surface area contributed by atoms with Crippen LogP contribution < -0.4 is 0 Å². The second-order valence-corrected chi connectivity index (χ2v) is 6.50. The van der Waals surface area contributed by atoms with Crippen LogP contribution in [0.4, 0.5) is 0 Å². The van der Waals surface area contributed by atoms with Gasteiger partial charge in [0.25, 0.3) is 0 Å². The van der Waals surface area contributed by atoms with Crippen molar-refractivity contribution in [2.75, 3.05) is 7.11 Å². The number of carbonyl (C=O) groups is 1. The summed E-state index contributed by atoms with van der Waals surface area (Å²) in [5.41, 5.74) is 0.0861. The third-order valence-electron chi connectivity index (χ3n) is 4.70. The second-order valence-electron chi connectivity index (χ2n) is 6.50. The number of allylic oxidation sites excluding steroid dienone is 4. The average Bonchev–Trinajstić information content (AvgIpc) is 2.82. The molecule has 2 aliphatic rings. The summed E-state index contributed by atoms with van der Waals surface area (Å²) in [6.45, 7) is 8.54. The van der Waals surface area contributed by atoms with Crippen molar-refractivity contribution < 1.29 is 9.53 Å². The summed E-state index contributed by atoms with van der Waals surface area (Å²) in [6.07, 6.45) is 7.39. The first-order chi connectivity index (χ1) is 8.37. The Kier molecular flexibility index (Phi) is 3.39. The molecule has 0 aromatic heterocycles. The van der Waals surface area contributed by atoms with Crippen LogP contribution in [0.1, 0.15) is 34.1 Å². The maximum atomic E-state index is 12.5. The molecule has 1 saturated carbocycles. The number of ketones is 1. The predicted molar refractivity (Wildman–Crippen MR) is 72.9 cm³/mol. The van der Waals surface area contributed by atoms with E-state index in [1.807, 2.05) is 0 Å². The fourth-order valence-corrected chi connectivity index (χ4v) is 3.58. The van der Waals surface area contributed by atoms with Crippen LogP contribution in [0.5, 0.6) is 0 Å². The van der Waals surface area contributed by atoms with Crippen LogP contribution in [0.15, 0.2) is 24.0 Å². The van der Waals surface area contributed by atoms with Gasteiger partial charge in [0.15, 0.2) is 5.78 Å². The highest BCUT2D eigenvalue weighted by atomic mass is 16.5. The van der Waals surface area contributed by atoms with Crippen molar-refractivity contribution in [1.82, 2.24) is 0 Å². The molecule has 3 atom stereocenters. The second kappa shape index (κ2) is 4.56. The number of fused-ring (bicyclic) bond motifs is 2. The summed E-state index contributed by atoms with van der Waals surface area (Å²) in [5, 5.41) is 0. The molecule has 2 bridgehead atoms. The molecule has 0 radical (unpaired) electrons. The number of carbonyl (C=O) groups excluding carboxylic acids is 1.